The summed E-state index contributed by atoms with van der Waals surface area (Å²) in [7, 11) is 0. The van der Waals surface area contributed by atoms with Crippen molar-refractivity contribution < 1.29 is 9.59 Å². The van der Waals surface area contributed by atoms with Gasteiger partial charge in [0.15, 0.2) is 0 Å². The van der Waals surface area contributed by atoms with Crippen molar-refractivity contribution in [1.29, 1.82) is 0 Å². The highest BCUT2D eigenvalue weighted by atomic mass is 16.2. The van der Waals surface area contributed by atoms with E-state index in [1.54, 1.807) is 0 Å². The average molecular weight is 182 g/mol. The van der Waals surface area contributed by atoms with Crippen molar-refractivity contribution in [2.45, 2.75) is 46.5 Å². The van der Waals surface area contributed by atoms with E-state index < -0.39 is 0 Å². The van der Waals surface area contributed by atoms with Gasteiger partial charge in [-0.2, -0.15) is 0 Å². The maximum absolute atomic E-state index is 11.8. The number of hydrogen-bond donors (Lipinski definition) is 0. The van der Waals surface area contributed by atoms with Gasteiger partial charge in [-0.05, 0) is 18.8 Å². The molecule has 0 aromatic rings. The van der Waals surface area contributed by atoms with Crippen molar-refractivity contribution >= 4 is 11.6 Å². The van der Waals surface area contributed by atoms with Crippen LogP contribution in [0.4, 0.5) is 0 Å². The molecule has 1 unspecified atom stereocenters. The van der Waals surface area contributed by atoms with E-state index in [1.807, 2.05) is 6.92 Å². The number of carbonyl (C=O) groups excluding carboxylic acids is 2. The lowest BCUT2D eigenvalue weighted by Gasteiger charge is -2.37. The lowest BCUT2D eigenvalue weighted by molar-refractivity contribution is -0.140. The second kappa shape index (κ2) is 3.60. The monoisotopic (exact) mass is 182 g/mol. The molecule has 0 spiro atoms. The summed E-state index contributed by atoms with van der Waals surface area (Å²) in [5.41, 5.74) is -0.200. The van der Waals surface area contributed by atoms with Gasteiger partial charge in [-0.3, -0.25) is 9.59 Å². The zero-order valence-electron chi connectivity index (χ0n) is 8.72. The van der Waals surface area contributed by atoms with Crippen LogP contribution in [0, 0.1) is 11.3 Å². The fourth-order valence-electron chi connectivity index (χ4n) is 2.34. The molecule has 0 aliphatic heterocycles. The van der Waals surface area contributed by atoms with Gasteiger partial charge < -0.3 is 0 Å². The smallest absolute Gasteiger partial charge is 0.146 e. The summed E-state index contributed by atoms with van der Waals surface area (Å²) in [5.74, 6) is 0.647. The Morgan fingerprint density at radius 3 is 2.38 bits per heavy atom. The van der Waals surface area contributed by atoms with Crippen LogP contribution < -0.4 is 0 Å². The normalized spacial score (nSPS) is 29.8. The molecular formula is C11H18O2. The van der Waals surface area contributed by atoms with Crippen molar-refractivity contribution in [3.63, 3.8) is 0 Å². The van der Waals surface area contributed by atoms with E-state index in [9.17, 15) is 9.59 Å². The molecule has 1 rings (SSSR count). The van der Waals surface area contributed by atoms with Crippen LogP contribution in [-0.4, -0.2) is 11.6 Å². The van der Waals surface area contributed by atoms with Crippen LogP contribution in [0.1, 0.15) is 46.5 Å². The van der Waals surface area contributed by atoms with Crippen LogP contribution in [0.25, 0.3) is 0 Å². The molecule has 0 bridgehead atoms. The van der Waals surface area contributed by atoms with Crippen molar-refractivity contribution in [3.8, 4) is 0 Å². The summed E-state index contributed by atoms with van der Waals surface area (Å²) in [6, 6.07) is 0. The van der Waals surface area contributed by atoms with Gasteiger partial charge in [0, 0.05) is 11.8 Å². The molecule has 0 heterocycles. The lowest BCUT2D eigenvalue weighted by Crippen LogP contribution is -2.41. The Labute approximate surface area is 79.7 Å². The molecule has 2 heteroatoms. The highest BCUT2D eigenvalue weighted by molar-refractivity contribution is 6.04. The van der Waals surface area contributed by atoms with Crippen molar-refractivity contribution in [2.75, 3.05) is 0 Å². The zero-order chi connectivity index (χ0) is 10.1. The van der Waals surface area contributed by atoms with E-state index in [-0.39, 0.29) is 23.4 Å². The molecule has 74 valence electrons. The van der Waals surface area contributed by atoms with Crippen LogP contribution >= 0.6 is 0 Å². The molecule has 13 heavy (non-hydrogen) atoms. The number of hydrogen-bond acceptors (Lipinski definition) is 2. The molecule has 0 aromatic carbocycles. The lowest BCUT2D eigenvalue weighted by atomic mass is 9.64. The highest BCUT2D eigenvalue weighted by Gasteiger charge is 2.42. The van der Waals surface area contributed by atoms with Crippen LogP contribution in [0.2, 0.25) is 0 Å². The van der Waals surface area contributed by atoms with Crippen molar-refractivity contribution in [1.82, 2.24) is 0 Å². The second-order valence-electron chi connectivity index (χ2n) is 4.30. The van der Waals surface area contributed by atoms with E-state index in [0.29, 0.717) is 12.3 Å². The topological polar surface area (TPSA) is 34.1 Å². The van der Waals surface area contributed by atoms with E-state index in [0.717, 1.165) is 12.8 Å². The van der Waals surface area contributed by atoms with Gasteiger partial charge in [0.2, 0.25) is 0 Å². The number of Topliss-reactive ketones (excluding diaryl/α,β-unsaturated/α-hetero) is 2. The maximum Gasteiger partial charge on any atom is 0.146 e. The van der Waals surface area contributed by atoms with Gasteiger partial charge in [-0.15, -0.1) is 0 Å². The molecule has 1 aliphatic rings. The van der Waals surface area contributed by atoms with Crippen LogP contribution in [0.3, 0.4) is 0 Å². The predicted octanol–water partition coefficient (Wildman–Crippen LogP) is 2.36. The number of rotatable bonds is 2. The molecule has 1 saturated carbocycles. The summed E-state index contributed by atoms with van der Waals surface area (Å²) in [4.78, 5) is 22.9. The third-order valence-corrected chi connectivity index (χ3v) is 3.50. The second-order valence-corrected chi connectivity index (χ2v) is 4.30. The van der Waals surface area contributed by atoms with Crippen molar-refractivity contribution in [2.24, 2.45) is 11.3 Å². The summed E-state index contributed by atoms with van der Waals surface area (Å²) in [6.07, 6.45) is 2.40. The van der Waals surface area contributed by atoms with Crippen LogP contribution in [-0.2, 0) is 9.59 Å². The van der Waals surface area contributed by atoms with Gasteiger partial charge in [-0.25, -0.2) is 0 Å². The summed E-state index contributed by atoms with van der Waals surface area (Å²) in [5, 5.41) is 0. The fourth-order valence-corrected chi connectivity index (χ4v) is 2.34. The first-order valence-corrected chi connectivity index (χ1v) is 5.08. The van der Waals surface area contributed by atoms with E-state index in [1.165, 1.54) is 0 Å². The maximum atomic E-state index is 11.8. The van der Waals surface area contributed by atoms with Gasteiger partial charge in [0.05, 0.1) is 6.42 Å². The predicted molar refractivity (Wildman–Crippen MR) is 51.4 cm³/mol. The Kier molecular flexibility index (Phi) is 2.89. The van der Waals surface area contributed by atoms with Gasteiger partial charge >= 0.3 is 0 Å². The first kappa shape index (κ1) is 10.4. The van der Waals surface area contributed by atoms with Gasteiger partial charge in [0.1, 0.15) is 11.6 Å². The van der Waals surface area contributed by atoms with Gasteiger partial charge in [-0.1, -0.05) is 20.8 Å². The van der Waals surface area contributed by atoms with E-state index >= 15 is 0 Å². The van der Waals surface area contributed by atoms with Crippen LogP contribution in [0.15, 0.2) is 0 Å². The highest BCUT2D eigenvalue weighted by Crippen LogP contribution is 2.41. The first-order chi connectivity index (χ1) is 6.03. The van der Waals surface area contributed by atoms with Crippen molar-refractivity contribution in [3.05, 3.63) is 0 Å². The van der Waals surface area contributed by atoms with Gasteiger partial charge in [0.25, 0.3) is 0 Å². The Hall–Kier alpha value is -0.660. The third-order valence-electron chi connectivity index (χ3n) is 3.50. The largest absolute Gasteiger partial charge is 0.299 e. The number of ketones is 2. The molecule has 0 radical (unpaired) electrons. The molecule has 1 aliphatic carbocycles. The molecule has 1 atom stereocenters. The molecule has 0 saturated heterocycles. The van der Waals surface area contributed by atoms with Crippen LogP contribution in [0.5, 0.6) is 0 Å². The average Bonchev–Trinajstić information content (AvgIpc) is 2.04. The Balaban J connectivity index is 2.87. The third kappa shape index (κ3) is 1.67. The van der Waals surface area contributed by atoms with E-state index in [2.05, 4.69) is 13.8 Å². The SMILES string of the molecule is CCC1(C(C)C)CCC(=O)CC1=O. The molecule has 0 aromatic heterocycles. The summed E-state index contributed by atoms with van der Waals surface area (Å²) in [6.45, 7) is 6.21. The molecular weight excluding hydrogens is 164 g/mol. The quantitative estimate of drug-likeness (QED) is 0.614. The molecule has 2 nitrogen and oxygen atoms in total. The fraction of sp³-hybridized carbons (Fsp3) is 0.818. The first-order valence-electron chi connectivity index (χ1n) is 5.08. The van der Waals surface area contributed by atoms with E-state index in [4.69, 9.17) is 0 Å². The number of carbonyl (C=O) groups is 2. The Morgan fingerprint density at radius 1 is 1.38 bits per heavy atom. The standard InChI is InChI=1S/C11H18O2/c1-4-11(8(2)3)6-5-9(12)7-10(11)13/h8H,4-7H2,1-3H3. The molecule has 1 fully saturated rings. The Bertz CT molecular complexity index is 230. The minimum Gasteiger partial charge on any atom is -0.299 e. The molecule has 0 N–H and O–H groups in total. The zero-order valence-corrected chi connectivity index (χ0v) is 8.72. The molecule has 0 amide bonds. The summed E-state index contributed by atoms with van der Waals surface area (Å²) >= 11 is 0. The minimum absolute atomic E-state index is 0.120. The minimum atomic E-state index is -0.200. The Morgan fingerprint density at radius 2 is 2.00 bits per heavy atom. The summed E-state index contributed by atoms with van der Waals surface area (Å²) < 4.78 is 0.